The van der Waals surface area contributed by atoms with E-state index in [0.717, 1.165) is 5.56 Å². The topological polar surface area (TPSA) is 162 Å². The van der Waals surface area contributed by atoms with Gasteiger partial charge >= 0.3 is 0 Å². The van der Waals surface area contributed by atoms with Crippen LogP contribution in [-0.2, 0) is 25.7 Å². The molecule has 3 aromatic rings. The first kappa shape index (κ1) is 24.1. The average Bonchev–Trinajstić information content (AvgIpc) is 3.29. The maximum atomic E-state index is 12.3. The Balaban J connectivity index is 1.37. The van der Waals surface area contributed by atoms with Gasteiger partial charge in [-0.15, -0.1) is 0 Å². The van der Waals surface area contributed by atoms with Gasteiger partial charge in [0, 0.05) is 11.9 Å². The maximum Gasteiger partial charge on any atom is 0.289 e. The smallest absolute Gasteiger partial charge is 0.289 e. The molecule has 0 saturated carbocycles. The molecular weight excluding hydrogens is 440 g/mol. The number of nitrogens with one attached hydrogen (secondary N) is 5. The minimum atomic E-state index is -0.990. The summed E-state index contributed by atoms with van der Waals surface area (Å²) >= 11 is 0. The Labute approximate surface area is 194 Å². The Hall–Kier alpha value is -4.54. The average molecular weight is 464 g/mol. The van der Waals surface area contributed by atoms with E-state index < -0.39 is 42.0 Å². The molecule has 11 heteroatoms. The number of hydrogen-bond acceptors (Lipinski definition) is 6. The number of aromatic amines is 1. The minimum Gasteiger partial charge on any atom is -0.347 e. The highest BCUT2D eigenvalue weighted by Crippen LogP contribution is 2.14. The van der Waals surface area contributed by atoms with E-state index in [2.05, 4.69) is 31.5 Å². The van der Waals surface area contributed by atoms with Gasteiger partial charge in [0.25, 0.3) is 11.8 Å². The summed E-state index contributed by atoms with van der Waals surface area (Å²) in [5.74, 6) is -3.45. The zero-order valence-corrected chi connectivity index (χ0v) is 18.4. The second-order valence-electron chi connectivity index (χ2n) is 7.40. The SMILES string of the molecule is CC(NC(=O)CNC(=O)c1n[nH]c2ccccc12)C(=O)NCC(=O)C(=O)NCc1ccccc1. The molecule has 0 aliphatic carbocycles. The van der Waals surface area contributed by atoms with Crippen molar-refractivity contribution in [1.29, 1.82) is 0 Å². The second kappa shape index (κ2) is 11.4. The van der Waals surface area contributed by atoms with Crippen LogP contribution in [0.4, 0.5) is 0 Å². The fourth-order valence-electron chi connectivity index (χ4n) is 3.02. The van der Waals surface area contributed by atoms with Gasteiger partial charge in [0.1, 0.15) is 6.04 Å². The van der Waals surface area contributed by atoms with Crippen molar-refractivity contribution in [2.24, 2.45) is 0 Å². The minimum absolute atomic E-state index is 0.151. The van der Waals surface area contributed by atoms with Gasteiger partial charge in [-0.25, -0.2) is 0 Å². The molecule has 11 nitrogen and oxygen atoms in total. The monoisotopic (exact) mass is 464 g/mol. The number of para-hydroxylation sites is 1. The highest BCUT2D eigenvalue weighted by Gasteiger charge is 2.20. The molecule has 1 atom stereocenters. The van der Waals surface area contributed by atoms with Crippen LogP contribution < -0.4 is 21.3 Å². The standard InChI is InChI=1S/C23H24N6O5/c1-14(21(32)25-12-18(30)22(33)24-11-15-7-3-2-4-8-15)27-19(31)13-26-23(34)20-16-9-5-6-10-17(16)28-29-20/h2-10,14H,11-13H2,1H3,(H,24,33)(H,25,32)(H,26,34)(H,27,31)(H,28,29). The molecule has 3 rings (SSSR count). The fourth-order valence-corrected chi connectivity index (χ4v) is 3.02. The van der Waals surface area contributed by atoms with Crippen LogP contribution in [0, 0.1) is 0 Å². The largest absolute Gasteiger partial charge is 0.347 e. The Morgan fingerprint density at radius 1 is 0.882 bits per heavy atom. The number of aromatic nitrogens is 2. The van der Waals surface area contributed by atoms with E-state index in [0.29, 0.717) is 10.9 Å². The molecule has 0 spiro atoms. The number of carbonyl (C=O) groups is 5. The quantitative estimate of drug-likeness (QED) is 0.261. The highest BCUT2D eigenvalue weighted by atomic mass is 16.2. The van der Waals surface area contributed by atoms with Crippen LogP contribution in [-0.4, -0.2) is 58.7 Å². The summed E-state index contributed by atoms with van der Waals surface area (Å²) in [5, 5.41) is 16.9. The lowest BCUT2D eigenvalue weighted by Gasteiger charge is -2.14. The van der Waals surface area contributed by atoms with Crippen molar-refractivity contribution in [3.63, 3.8) is 0 Å². The van der Waals surface area contributed by atoms with E-state index in [1.54, 1.807) is 36.4 Å². The van der Waals surface area contributed by atoms with Gasteiger partial charge in [0.15, 0.2) is 5.69 Å². The van der Waals surface area contributed by atoms with Gasteiger partial charge in [-0.3, -0.25) is 29.1 Å². The molecule has 0 fully saturated rings. The van der Waals surface area contributed by atoms with E-state index in [1.807, 2.05) is 18.2 Å². The Bertz CT molecular complexity index is 1210. The fraction of sp³-hybridized carbons (Fsp3) is 0.217. The van der Waals surface area contributed by atoms with Crippen LogP contribution >= 0.6 is 0 Å². The summed E-state index contributed by atoms with van der Waals surface area (Å²) in [6.07, 6.45) is 0. The zero-order valence-electron chi connectivity index (χ0n) is 18.4. The molecule has 0 aliphatic rings. The van der Waals surface area contributed by atoms with Crippen molar-refractivity contribution >= 4 is 40.3 Å². The third kappa shape index (κ3) is 6.48. The van der Waals surface area contributed by atoms with Crippen molar-refractivity contribution in [3.05, 3.63) is 65.9 Å². The molecule has 0 radical (unpaired) electrons. The second-order valence-corrected chi connectivity index (χ2v) is 7.40. The number of nitrogens with zero attached hydrogens (tertiary/aromatic N) is 1. The van der Waals surface area contributed by atoms with Crippen LogP contribution in [0.5, 0.6) is 0 Å². The summed E-state index contributed by atoms with van der Waals surface area (Å²) in [7, 11) is 0. The van der Waals surface area contributed by atoms with Gasteiger partial charge in [0.05, 0.1) is 18.6 Å². The van der Waals surface area contributed by atoms with Crippen molar-refractivity contribution in [2.75, 3.05) is 13.1 Å². The third-order valence-corrected chi connectivity index (χ3v) is 4.84. The van der Waals surface area contributed by atoms with E-state index in [1.165, 1.54) is 6.92 Å². The summed E-state index contributed by atoms with van der Waals surface area (Å²) in [6.45, 7) is 0.711. The van der Waals surface area contributed by atoms with Crippen molar-refractivity contribution in [1.82, 2.24) is 31.5 Å². The third-order valence-electron chi connectivity index (χ3n) is 4.84. The predicted molar refractivity (Wildman–Crippen MR) is 122 cm³/mol. The van der Waals surface area contributed by atoms with Crippen LogP contribution in [0.25, 0.3) is 10.9 Å². The molecule has 34 heavy (non-hydrogen) atoms. The van der Waals surface area contributed by atoms with Crippen molar-refractivity contribution in [2.45, 2.75) is 19.5 Å². The molecule has 1 aromatic heterocycles. The lowest BCUT2D eigenvalue weighted by atomic mass is 10.2. The van der Waals surface area contributed by atoms with E-state index in [-0.39, 0.29) is 18.8 Å². The Kier molecular flexibility index (Phi) is 8.06. The molecule has 2 aromatic carbocycles. The maximum absolute atomic E-state index is 12.3. The molecule has 5 N–H and O–H groups in total. The van der Waals surface area contributed by atoms with Crippen molar-refractivity contribution < 1.29 is 24.0 Å². The normalized spacial score (nSPS) is 11.3. The van der Waals surface area contributed by atoms with Crippen LogP contribution in [0.1, 0.15) is 23.0 Å². The summed E-state index contributed by atoms with van der Waals surface area (Å²) in [6, 6.07) is 15.1. The number of H-pyrrole nitrogens is 1. The number of amides is 4. The van der Waals surface area contributed by atoms with E-state index in [4.69, 9.17) is 0 Å². The van der Waals surface area contributed by atoms with Crippen LogP contribution in [0.2, 0.25) is 0 Å². The van der Waals surface area contributed by atoms with Crippen molar-refractivity contribution in [3.8, 4) is 0 Å². The molecule has 1 unspecified atom stereocenters. The number of hydrogen-bond donors (Lipinski definition) is 5. The van der Waals surface area contributed by atoms with Crippen LogP contribution in [0.15, 0.2) is 54.6 Å². The number of ketones is 1. The molecule has 0 saturated heterocycles. The first-order valence-corrected chi connectivity index (χ1v) is 10.5. The van der Waals surface area contributed by atoms with Gasteiger partial charge in [-0.05, 0) is 18.6 Å². The molecular formula is C23H24N6O5. The number of fused-ring (bicyclic) bond motifs is 1. The summed E-state index contributed by atoms with van der Waals surface area (Å²) < 4.78 is 0. The number of benzene rings is 2. The zero-order chi connectivity index (χ0) is 24.5. The Morgan fingerprint density at radius 2 is 1.59 bits per heavy atom. The molecule has 0 bridgehead atoms. The van der Waals surface area contributed by atoms with Gasteiger partial charge in [-0.2, -0.15) is 5.10 Å². The van der Waals surface area contributed by atoms with Gasteiger partial charge in [-0.1, -0.05) is 48.5 Å². The number of Topliss-reactive ketones (excluding diaryl/α,β-unsaturated/α-hetero) is 1. The van der Waals surface area contributed by atoms with Gasteiger partial charge < -0.3 is 21.3 Å². The highest BCUT2D eigenvalue weighted by molar-refractivity contribution is 6.37. The number of rotatable bonds is 10. The predicted octanol–water partition coefficient (Wildman–Crippen LogP) is -0.201. The lowest BCUT2D eigenvalue weighted by Crippen LogP contribution is -2.49. The van der Waals surface area contributed by atoms with Gasteiger partial charge in [0.2, 0.25) is 17.6 Å². The van der Waals surface area contributed by atoms with E-state index >= 15 is 0 Å². The van der Waals surface area contributed by atoms with Crippen LogP contribution in [0.3, 0.4) is 0 Å². The first-order chi connectivity index (χ1) is 16.3. The molecule has 1 heterocycles. The summed E-state index contributed by atoms with van der Waals surface area (Å²) in [4.78, 5) is 60.3. The first-order valence-electron chi connectivity index (χ1n) is 10.5. The Morgan fingerprint density at radius 3 is 2.35 bits per heavy atom. The molecule has 176 valence electrons. The summed E-state index contributed by atoms with van der Waals surface area (Å²) in [5.41, 5.74) is 1.67. The molecule has 0 aliphatic heterocycles. The van der Waals surface area contributed by atoms with E-state index in [9.17, 15) is 24.0 Å². The lowest BCUT2D eigenvalue weighted by molar-refractivity contribution is -0.138. The molecule has 4 amide bonds. The number of carbonyl (C=O) groups excluding carboxylic acids is 5.